The Morgan fingerprint density at radius 2 is 1.75 bits per heavy atom. The minimum Gasteiger partial charge on any atom is -0.444 e. The van der Waals surface area contributed by atoms with E-state index < -0.39 is 5.60 Å². The zero-order valence-corrected chi connectivity index (χ0v) is 20.8. The molecule has 36 heavy (non-hydrogen) atoms. The molecule has 0 aliphatic carbocycles. The van der Waals surface area contributed by atoms with E-state index in [4.69, 9.17) is 9.72 Å². The van der Waals surface area contributed by atoms with E-state index in [0.717, 1.165) is 39.4 Å². The number of amides is 1. The van der Waals surface area contributed by atoms with Crippen LogP contribution in [0.25, 0.3) is 22.0 Å². The van der Waals surface area contributed by atoms with Crippen molar-refractivity contribution in [3.63, 3.8) is 0 Å². The fourth-order valence-electron chi connectivity index (χ4n) is 4.22. The van der Waals surface area contributed by atoms with E-state index in [2.05, 4.69) is 26.3 Å². The first-order valence-electron chi connectivity index (χ1n) is 12.1. The molecule has 4 aromatic rings. The Balaban J connectivity index is 1.42. The van der Waals surface area contributed by atoms with Gasteiger partial charge >= 0.3 is 6.09 Å². The summed E-state index contributed by atoms with van der Waals surface area (Å²) in [4.78, 5) is 30.4. The van der Waals surface area contributed by atoms with Gasteiger partial charge in [-0.25, -0.2) is 14.8 Å². The molecule has 3 aromatic heterocycles. The van der Waals surface area contributed by atoms with Crippen LogP contribution >= 0.6 is 0 Å². The predicted molar refractivity (Wildman–Crippen MR) is 143 cm³/mol. The standard InChI is InChI=1S/C28H30N6O2/c1-28(2,3)36-27(35)34-15-13-33(14-16-34)26-23-10-11-29-19-21(23)17-24(32-26)20-9-12-30-25(18-20)31-22-7-5-4-6-8-22/h4-12,17-19H,13-16H2,1-3H3,(H,30,31). The summed E-state index contributed by atoms with van der Waals surface area (Å²) in [5.41, 5.74) is 2.27. The summed E-state index contributed by atoms with van der Waals surface area (Å²) >= 11 is 0. The molecule has 5 rings (SSSR count). The summed E-state index contributed by atoms with van der Waals surface area (Å²) < 4.78 is 5.55. The van der Waals surface area contributed by atoms with Crippen molar-refractivity contribution in [2.45, 2.75) is 26.4 Å². The fourth-order valence-corrected chi connectivity index (χ4v) is 4.22. The fraction of sp³-hybridized carbons (Fsp3) is 0.286. The number of ether oxygens (including phenoxy) is 1. The van der Waals surface area contributed by atoms with Gasteiger partial charge in [0.1, 0.15) is 17.2 Å². The number of aromatic nitrogens is 3. The van der Waals surface area contributed by atoms with Gasteiger partial charge in [-0.1, -0.05) is 18.2 Å². The maximum atomic E-state index is 12.5. The van der Waals surface area contributed by atoms with Gasteiger partial charge in [0.2, 0.25) is 0 Å². The molecule has 1 N–H and O–H groups in total. The number of hydrogen-bond donors (Lipinski definition) is 1. The van der Waals surface area contributed by atoms with E-state index >= 15 is 0 Å². The lowest BCUT2D eigenvalue weighted by Gasteiger charge is -2.36. The van der Waals surface area contributed by atoms with Crippen molar-refractivity contribution in [3.05, 3.63) is 73.2 Å². The van der Waals surface area contributed by atoms with Crippen molar-refractivity contribution < 1.29 is 9.53 Å². The quantitative estimate of drug-likeness (QED) is 0.412. The van der Waals surface area contributed by atoms with Crippen molar-refractivity contribution in [1.82, 2.24) is 19.9 Å². The van der Waals surface area contributed by atoms with Crippen LogP contribution in [0.1, 0.15) is 20.8 Å². The summed E-state index contributed by atoms with van der Waals surface area (Å²) in [7, 11) is 0. The Morgan fingerprint density at radius 1 is 0.972 bits per heavy atom. The molecule has 4 heterocycles. The lowest BCUT2D eigenvalue weighted by atomic mass is 10.1. The molecule has 8 heteroatoms. The third-order valence-electron chi connectivity index (χ3n) is 5.94. The third kappa shape index (κ3) is 5.38. The van der Waals surface area contributed by atoms with Crippen LogP contribution in [0.5, 0.6) is 0 Å². The number of nitrogens with one attached hydrogen (secondary N) is 1. The molecule has 1 saturated heterocycles. The summed E-state index contributed by atoms with van der Waals surface area (Å²) in [6, 6.07) is 18.0. The lowest BCUT2D eigenvalue weighted by molar-refractivity contribution is 0.0240. The zero-order chi connectivity index (χ0) is 25.1. The number of para-hydroxylation sites is 1. The first-order valence-corrected chi connectivity index (χ1v) is 12.1. The SMILES string of the molecule is CC(C)(C)OC(=O)N1CCN(c2nc(-c3ccnc(Nc4ccccc4)c3)cc3cnccc23)CC1. The van der Waals surface area contributed by atoms with Crippen molar-refractivity contribution in [2.24, 2.45) is 0 Å². The maximum absolute atomic E-state index is 12.5. The molecule has 0 atom stereocenters. The molecule has 0 radical (unpaired) electrons. The second-order valence-corrected chi connectivity index (χ2v) is 9.80. The van der Waals surface area contributed by atoms with Crippen LogP contribution in [-0.2, 0) is 4.74 Å². The Bertz CT molecular complexity index is 1360. The van der Waals surface area contributed by atoms with Gasteiger partial charge in [-0.3, -0.25) is 4.98 Å². The highest BCUT2D eigenvalue weighted by molar-refractivity contribution is 5.94. The van der Waals surface area contributed by atoms with Crippen LogP contribution in [0.3, 0.4) is 0 Å². The highest BCUT2D eigenvalue weighted by atomic mass is 16.6. The van der Waals surface area contributed by atoms with Crippen molar-refractivity contribution >= 4 is 34.2 Å². The van der Waals surface area contributed by atoms with E-state index in [1.54, 1.807) is 17.3 Å². The first-order chi connectivity index (χ1) is 17.4. The molecular formula is C28H30N6O2. The molecule has 0 spiro atoms. The van der Waals surface area contributed by atoms with Crippen LogP contribution in [0.4, 0.5) is 22.1 Å². The largest absolute Gasteiger partial charge is 0.444 e. The van der Waals surface area contributed by atoms with E-state index in [1.165, 1.54) is 0 Å². The predicted octanol–water partition coefficient (Wildman–Crippen LogP) is 5.49. The number of hydrogen-bond acceptors (Lipinski definition) is 7. The number of benzene rings is 1. The number of nitrogens with zero attached hydrogens (tertiary/aromatic N) is 5. The van der Waals surface area contributed by atoms with Crippen molar-refractivity contribution in [2.75, 3.05) is 36.4 Å². The number of carbonyl (C=O) groups excluding carboxylic acids is 1. The van der Waals surface area contributed by atoms with Crippen LogP contribution in [0.2, 0.25) is 0 Å². The molecule has 0 unspecified atom stereocenters. The second-order valence-electron chi connectivity index (χ2n) is 9.80. The molecule has 1 aliphatic heterocycles. The Kier molecular flexibility index (Phi) is 6.41. The molecule has 1 amide bonds. The molecule has 1 aliphatic rings. The Morgan fingerprint density at radius 3 is 2.50 bits per heavy atom. The van der Waals surface area contributed by atoms with Crippen LogP contribution in [-0.4, -0.2) is 57.7 Å². The number of pyridine rings is 3. The minimum absolute atomic E-state index is 0.270. The number of fused-ring (bicyclic) bond motifs is 1. The molecule has 184 valence electrons. The summed E-state index contributed by atoms with van der Waals surface area (Å²) in [6.07, 6.45) is 5.17. The third-order valence-corrected chi connectivity index (χ3v) is 5.94. The first kappa shape index (κ1) is 23.5. The number of rotatable bonds is 4. The molecule has 1 aromatic carbocycles. The molecule has 1 fully saturated rings. The van der Waals surface area contributed by atoms with Gasteiger partial charge in [0.25, 0.3) is 0 Å². The smallest absolute Gasteiger partial charge is 0.410 e. The van der Waals surface area contributed by atoms with E-state index in [0.29, 0.717) is 26.2 Å². The van der Waals surface area contributed by atoms with Gasteiger partial charge in [-0.05, 0) is 57.2 Å². The summed E-state index contributed by atoms with van der Waals surface area (Å²) in [5, 5.41) is 5.40. The van der Waals surface area contributed by atoms with Gasteiger partial charge in [0.15, 0.2) is 0 Å². The Labute approximate surface area is 211 Å². The van der Waals surface area contributed by atoms with Gasteiger partial charge in [-0.2, -0.15) is 0 Å². The Hall–Kier alpha value is -4.20. The molecule has 8 nitrogen and oxygen atoms in total. The van der Waals surface area contributed by atoms with Crippen molar-refractivity contribution in [3.8, 4) is 11.3 Å². The van der Waals surface area contributed by atoms with Crippen LogP contribution in [0.15, 0.2) is 73.2 Å². The molecule has 0 saturated carbocycles. The maximum Gasteiger partial charge on any atom is 0.410 e. The number of carbonyl (C=O) groups is 1. The second kappa shape index (κ2) is 9.81. The normalized spacial score (nSPS) is 14.1. The molecule has 0 bridgehead atoms. The lowest BCUT2D eigenvalue weighted by Crippen LogP contribution is -2.50. The zero-order valence-electron chi connectivity index (χ0n) is 20.8. The van der Waals surface area contributed by atoms with Gasteiger partial charge in [0, 0.05) is 66.8 Å². The van der Waals surface area contributed by atoms with E-state index in [1.807, 2.05) is 75.5 Å². The van der Waals surface area contributed by atoms with Crippen LogP contribution in [0, 0.1) is 0 Å². The highest BCUT2D eigenvalue weighted by Crippen LogP contribution is 2.31. The molecular weight excluding hydrogens is 452 g/mol. The highest BCUT2D eigenvalue weighted by Gasteiger charge is 2.27. The monoisotopic (exact) mass is 482 g/mol. The minimum atomic E-state index is -0.508. The number of piperazine rings is 1. The van der Waals surface area contributed by atoms with Crippen LogP contribution < -0.4 is 10.2 Å². The van der Waals surface area contributed by atoms with Gasteiger partial charge < -0.3 is 19.9 Å². The summed E-state index contributed by atoms with van der Waals surface area (Å²) in [5.74, 6) is 1.64. The van der Waals surface area contributed by atoms with Gasteiger partial charge in [0.05, 0.1) is 5.69 Å². The van der Waals surface area contributed by atoms with E-state index in [-0.39, 0.29) is 6.09 Å². The topological polar surface area (TPSA) is 83.5 Å². The summed E-state index contributed by atoms with van der Waals surface area (Å²) in [6.45, 7) is 8.15. The van der Waals surface area contributed by atoms with E-state index in [9.17, 15) is 4.79 Å². The van der Waals surface area contributed by atoms with Gasteiger partial charge in [-0.15, -0.1) is 0 Å². The van der Waals surface area contributed by atoms with Crippen molar-refractivity contribution in [1.29, 1.82) is 0 Å². The number of anilines is 3. The average molecular weight is 483 g/mol. The average Bonchev–Trinajstić information content (AvgIpc) is 2.88.